The molecule has 0 unspecified atom stereocenters. The second-order valence-electron chi connectivity index (χ2n) is 3.58. The van der Waals surface area contributed by atoms with Gasteiger partial charge < -0.3 is 15.5 Å². The van der Waals surface area contributed by atoms with Crippen molar-refractivity contribution in [2.24, 2.45) is 5.73 Å². The molecule has 3 N–H and O–H groups in total. The van der Waals surface area contributed by atoms with Crippen molar-refractivity contribution in [2.75, 3.05) is 6.54 Å². The van der Waals surface area contributed by atoms with E-state index >= 15 is 0 Å². The van der Waals surface area contributed by atoms with Crippen molar-refractivity contribution in [1.29, 1.82) is 0 Å². The van der Waals surface area contributed by atoms with Crippen molar-refractivity contribution in [3.63, 3.8) is 0 Å². The summed E-state index contributed by atoms with van der Waals surface area (Å²) in [5.41, 5.74) is 6.65. The van der Waals surface area contributed by atoms with Crippen LogP contribution in [0.5, 0.6) is 5.75 Å². The van der Waals surface area contributed by atoms with E-state index in [0.717, 1.165) is 5.56 Å². The number of fused-ring (bicyclic) bond motifs is 1. The van der Waals surface area contributed by atoms with Crippen molar-refractivity contribution >= 4 is 10.9 Å². The minimum Gasteiger partial charge on any atom is -0.404 e. The molecule has 6 heteroatoms. The predicted molar refractivity (Wildman–Crippen MR) is 57.7 cm³/mol. The molecular weight excluding hydrogens is 233 g/mol. The third kappa shape index (κ3) is 2.52. The van der Waals surface area contributed by atoms with Gasteiger partial charge in [0.25, 0.3) is 0 Å². The van der Waals surface area contributed by atoms with E-state index in [9.17, 15) is 13.2 Å². The molecule has 2 rings (SSSR count). The number of H-pyrrole nitrogens is 1. The maximum Gasteiger partial charge on any atom is 0.573 e. The number of aromatic nitrogens is 1. The summed E-state index contributed by atoms with van der Waals surface area (Å²) < 4.78 is 40.4. The van der Waals surface area contributed by atoms with Gasteiger partial charge in [0.2, 0.25) is 0 Å². The van der Waals surface area contributed by atoms with Crippen LogP contribution < -0.4 is 10.5 Å². The SMILES string of the molecule is NCCc1c[nH]c2c(OC(F)(F)F)cccc12. The van der Waals surface area contributed by atoms with Gasteiger partial charge >= 0.3 is 6.36 Å². The quantitative estimate of drug-likeness (QED) is 0.871. The van der Waals surface area contributed by atoms with Crippen LogP contribution in [-0.2, 0) is 6.42 Å². The Bertz CT molecular complexity index is 519. The Morgan fingerprint density at radius 2 is 2.06 bits per heavy atom. The summed E-state index contributed by atoms with van der Waals surface area (Å²) in [6, 6.07) is 4.54. The number of nitrogens with two attached hydrogens (primary N) is 1. The second-order valence-corrected chi connectivity index (χ2v) is 3.58. The molecule has 0 saturated heterocycles. The van der Waals surface area contributed by atoms with Crippen LogP contribution in [0.4, 0.5) is 13.2 Å². The van der Waals surface area contributed by atoms with E-state index in [-0.39, 0.29) is 5.75 Å². The van der Waals surface area contributed by atoms with E-state index in [0.29, 0.717) is 23.9 Å². The number of ether oxygens (including phenoxy) is 1. The van der Waals surface area contributed by atoms with Gasteiger partial charge in [0.15, 0.2) is 5.75 Å². The standard InChI is InChI=1S/C11H11F3N2O/c12-11(13,14)17-9-3-1-2-8-7(4-5-15)6-16-10(8)9/h1-3,6,16H,4-5,15H2. The van der Waals surface area contributed by atoms with Gasteiger partial charge in [0.1, 0.15) is 0 Å². The zero-order chi connectivity index (χ0) is 12.5. The molecule has 0 spiro atoms. The third-order valence-corrected chi connectivity index (χ3v) is 2.40. The number of benzene rings is 1. The largest absolute Gasteiger partial charge is 0.573 e. The Balaban J connectivity index is 2.44. The van der Waals surface area contributed by atoms with Gasteiger partial charge in [0, 0.05) is 11.6 Å². The van der Waals surface area contributed by atoms with Crippen molar-refractivity contribution in [3.8, 4) is 5.75 Å². The molecule has 0 aliphatic rings. The molecule has 92 valence electrons. The second kappa shape index (κ2) is 4.29. The zero-order valence-corrected chi connectivity index (χ0v) is 8.84. The smallest absolute Gasteiger partial charge is 0.404 e. The minimum atomic E-state index is -4.69. The van der Waals surface area contributed by atoms with Crippen LogP contribution in [0.15, 0.2) is 24.4 Å². The fourth-order valence-corrected chi connectivity index (χ4v) is 1.76. The number of hydrogen-bond donors (Lipinski definition) is 2. The van der Waals surface area contributed by atoms with Crippen LogP contribution in [0, 0.1) is 0 Å². The van der Waals surface area contributed by atoms with Crippen LogP contribution in [0.3, 0.4) is 0 Å². The molecule has 0 aliphatic carbocycles. The fraction of sp³-hybridized carbons (Fsp3) is 0.273. The predicted octanol–water partition coefficient (Wildman–Crippen LogP) is 2.57. The van der Waals surface area contributed by atoms with Crippen LogP contribution in [0.25, 0.3) is 10.9 Å². The summed E-state index contributed by atoms with van der Waals surface area (Å²) in [5, 5.41) is 0.706. The Labute approximate surface area is 95.4 Å². The normalized spacial score (nSPS) is 12.0. The lowest BCUT2D eigenvalue weighted by Crippen LogP contribution is -2.17. The number of halogens is 3. The molecule has 0 fully saturated rings. The van der Waals surface area contributed by atoms with Crippen LogP contribution in [0.2, 0.25) is 0 Å². The summed E-state index contributed by atoms with van der Waals surface area (Å²) in [6.45, 7) is 0.442. The molecular formula is C11H11F3N2O. The van der Waals surface area contributed by atoms with Gasteiger partial charge in [-0.15, -0.1) is 13.2 Å². The summed E-state index contributed by atoms with van der Waals surface area (Å²) in [5.74, 6) is -0.224. The molecule has 17 heavy (non-hydrogen) atoms. The van der Waals surface area contributed by atoms with Gasteiger partial charge in [-0.2, -0.15) is 0 Å². The summed E-state index contributed by atoms with van der Waals surface area (Å²) >= 11 is 0. The third-order valence-electron chi connectivity index (χ3n) is 2.40. The molecule has 2 aromatic rings. The highest BCUT2D eigenvalue weighted by molar-refractivity contribution is 5.88. The van der Waals surface area contributed by atoms with Crippen LogP contribution in [-0.4, -0.2) is 17.9 Å². The van der Waals surface area contributed by atoms with Crippen molar-refractivity contribution < 1.29 is 17.9 Å². The average molecular weight is 244 g/mol. The molecule has 1 heterocycles. The van der Waals surface area contributed by atoms with Gasteiger partial charge in [-0.3, -0.25) is 0 Å². The highest BCUT2D eigenvalue weighted by atomic mass is 19.4. The highest BCUT2D eigenvalue weighted by Crippen LogP contribution is 2.31. The summed E-state index contributed by atoms with van der Waals surface area (Å²) in [4.78, 5) is 2.78. The zero-order valence-electron chi connectivity index (χ0n) is 8.84. The summed E-state index contributed by atoms with van der Waals surface area (Å²) in [6.07, 6.45) is -2.43. The van der Waals surface area contributed by atoms with E-state index in [4.69, 9.17) is 5.73 Å². The van der Waals surface area contributed by atoms with E-state index in [1.54, 1.807) is 12.3 Å². The molecule has 0 saturated carbocycles. The number of aromatic amines is 1. The Hall–Kier alpha value is -1.69. The van der Waals surface area contributed by atoms with E-state index in [1.165, 1.54) is 12.1 Å². The lowest BCUT2D eigenvalue weighted by molar-refractivity contribution is -0.274. The van der Waals surface area contributed by atoms with Crippen LogP contribution in [0.1, 0.15) is 5.56 Å². The molecule has 0 amide bonds. The molecule has 1 aromatic carbocycles. The van der Waals surface area contributed by atoms with Crippen molar-refractivity contribution in [3.05, 3.63) is 30.0 Å². The number of para-hydroxylation sites is 1. The maximum absolute atomic E-state index is 12.2. The molecule has 1 aromatic heterocycles. The molecule has 0 aliphatic heterocycles. The van der Waals surface area contributed by atoms with Gasteiger partial charge in [0.05, 0.1) is 5.52 Å². The number of alkyl halides is 3. The Morgan fingerprint density at radius 3 is 2.71 bits per heavy atom. The highest BCUT2D eigenvalue weighted by Gasteiger charge is 2.32. The molecule has 0 atom stereocenters. The number of rotatable bonds is 3. The van der Waals surface area contributed by atoms with Gasteiger partial charge in [-0.25, -0.2) is 0 Å². The van der Waals surface area contributed by atoms with Gasteiger partial charge in [-0.1, -0.05) is 12.1 Å². The Kier molecular flexibility index (Phi) is 2.97. The summed E-state index contributed by atoms with van der Waals surface area (Å²) in [7, 11) is 0. The fourth-order valence-electron chi connectivity index (χ4n) is 1.76. The minimum absolute atomic E-state index is 0.224. The topological polar surface area (TPSA) is 51.0 Å². The van der Waals surface area contributed by atoms with E-state index in [2.05, 4.69) is 9.72 Å². The number of nitrogens with one attached hydrogen (secondary N) is 1. The van der Waals surface area contributed by atoms with Crippen molar-refractivity contribution in [2.45, 2.75) is 12.8 Å². The van der Waals surface area contributed by atoms with Crippen LogP contribution >= 0.6 is 0 Å². The first kappa shape index (κ1) is 11.8. The van der Waals surface area contributed by atoms with Crippen molar-refractivity contribution in [1.82, 2.24) is 4.98 Å². The average Bonchev–Trinajstić information content (AvgIpc) is 2.61. The molecule has 0 radical (unpaired) electrons. The van der Waals surface area contributed by atoms with E-state index in [1.807, 2.05) is 0 Å². The van der Waals surface area contributed by atoms with Gasteiger partial charge in [-0.05, 0) is 24.6 Å². The molecule has 0 bridgehead atoms. The lowest BCUT2D eigenvalue weighted by Gasteiger charge is -2.09. The first-order valence-corrected chi connectivity index (χ1v) is 5.06. The lowest BCUT2D eigenvalue weighted by atomic mass is 10.1. The number of hydrogen-bond acceptors (Lipinski definition) is 2. The Morgan fingerprint density at radius 1 is 1.29 bits per heavy atom. The molecule has 3 nitrogen and oxygen atoms in total. The first-order valence-electron chi connectivity index (χ1n) is 5.06. The maximum atomic E-state index is 12.2. The monoisotopic (exact) mass is 244 g/mol. The first-order chi connectivity index (χ1) is 8.01. The van der Waals surface area contributed by atoms with E-state index < -0.39 is 6.36 Å².